The molecule has 190 valence electrons. The van der Waals surface area contributed by atoms with Crippen molar-refractivity contribution < 1.29 is 28.2 Å². The van der Waals surface area contributed by atoms with Crippen LogP contribution in [0.2, 0.25) is 5.02 Å². The van der Waals surface area contributed by atoms with Crippen LogP contribution in [-0.2, 0) is 16.2 Å². The van der Waals surface area contributed by atoms with Gasteiger partial charge in [0.05, 0.1) is 16.5 Å². The summed E-state index contributed by atoms with van der Waals surface area (Å²) in [5, 5.41) is 2.60. The van der Waals surface area contributed by atoms with Crippen LogP contribution >= 0.6 is 39.3 Å². The zero-order valence-corrected chi connectivity index (χ0v) is 22.5. The molecule has 3 aromatic rings. The van der Waals surface area contributed by atoms with Gasteiger partial charge in [0.2, 0.25) is 5.91 Å². The highest BCUT2D eigenvalue weighted by Crippen LogP contribution is 2.39. The summed E-state index contributed by atoms with van der Waals surface area (Å²) >= 11 is 10.0. The summed E-state index contributed by atoms with van der Waals surface area (Å²) in [6.07, 6.45) is 1.54. The Hall–Kier alpha value is -3.34. The lowest BCUT2D eigenvalue weighted by atomic mass is 10.1. The molecule has 0 spiro atoms. The number of hydrogen-bond acceptors (Lipinski definition) is 6. The minimum Gasteiger partial charge on any atom is -0.493 e. The van der Waals surface area contributed by atoms with Gasteiger partial charge < -0.3 is 14.8 Å². The summed E-state index contributed by atoms with van der Waals surface area (Å²) in [5.41, 5.74) is 1.85. The number of hydrogen-bond donors (Lipinski definition) is 1. The predicted molar refractivity (Wildman–Crippen MR) is 144 cm³/mol. The SMILES string of the molecule is COc1cc(/C=C2/SC(=O)N(CC(=O)Nc3ccc(Cl)cc3)C2=O)cc(Br)c1OCc1ccc(F)cc1. The number of ether oxygens (including phenoxy) is 2. The molecule has 1 saturated heterocycles. The highest BCUT2D eigenvalue weighted by Gasteiger charge is 2.36. The number of amides is 3. The number of thioether (sulfide) groups is 1. The summed E-state index contributed by atoms with van der Waals surface area (Å²) in [7, 11) is 1.48. The Morgan fingerprint density at radius 3 is 2.51 bits per heavy atom. The minimum atomic E-state index is -0.576. The van der Waals surface area contributed by atoms with Gasteiger partial charge in [-0.2, -0.15) is 0 Å². The zero-order chi connectivity index (χ0) is 26.5. The van der Waals surface area contributed by atoms with Crippen LogP contribution in [-0.4, -0.2) is 35.6 Å². The van der Waals surface area contributed by atoms with Gasteiger partial charge >= 0.3 is 0 Å². The van der Waals surface area contributed by atoms with Crippen molar-refractivity contribution in [2.75, 3.05) is 19.0 Å². The van der Waals surface area contributed by atoms with Crippen LogP contribution in [0.15, 0.2) is 70.0 Å². The molecule has 0 radical (unpaired) electrons. The lowest BCUT2D eigenvalue weighted by molar-refractivity contribution is -0.127. The molecule has 1 fully saturated rings. The molecule has 0 bridgehead atoms. The van der Waals surface area contributed by atoms with E-state index in [2.05, 4.69) is 21.2 Å². The van der Waals surface area contributed by atoms with Crippen molar-refractivity contribution in [3.8, 4) is 11.5 Å². The molecule has 1 aliphatic rings. The molecule has 0 unspecified atom stereocenters. The molecule has 37 heavy (non-hydrogen) atoms. The Morgan fingerprint density at radius 2 is 1.84 bits per heavy atom. The van der Waals surface area contributed by atoms with Gasteiger partial charge in [-0.15, -0.1) is 0 Å². The molecular weight excluding hydrogens is 587 g/mol. The smallest absolute Gasteiger partial charge is 0.294 e. The van der Waals surface area contributed by atoms with Gasteiger partial charge in [0, 0.05) is 10.7 Å². The normalized spacial score (nSPS) is 14.3. The topological polar surface area (TPSA) is 84.9 Å². The van der Waals surface area contributed by atoms with Gasteiger partial charge in [0.25, 0.3) is 11.1 Å². The predicted octanol–water partition coefficient (Wildman–Crippen LogP) is 6.50. The maximum absolute atomic E-state index is 13.1. The fraction of sp³-hybridized carbons (Fsp3) is 0.115. The first-order valence-electron chi connectivity index (χ1n) is 10.8. The van der Waals surface area contributed by atoms with Gasteiger partial charge in [-0.25, -0.2) is 4.39 Å². The maximum Gasteiger partial charge on any atom is 0.294 e. The van der Waals surface area contributed by atoms with E-state index in [1.165, 1.54) is 19.2 Å². The first kappa shape index (κ1) is 26.7. The van der Waals surface area contributed by atoms with Crippen molar-refractivity contribution >= 4 is 68.1 Å². The lowest BCUT2D eigenvalue weighted by Crippen LogP contribution is -2.36. The number of anilines is 1. The number of carbonyl (C=O) groups excluding carboxylic acids is 3. The minimum absolute atomic E-state index is 0.165. The molecule has 0 atom stereocenters. The third kappa shape index (κ3) is 6.71. The lowest BCUT2D eigenvalue weighted by Gasteiger charge is -2.14. The summed E-state index contributed by atoms with van der Waals surface area (Å²) in [6.45, 7) is -0.237. The number of imide groups is 1. The Balaban J connectivity index is 1.46. The van der Waals surface area contributed by atoms with Crippen molar-refractivity contribution in [2.24, 2.45) is 0 Å². The maximum atomic E-state index is 13.1. The summed E-state index contributed by atoms with van der Waals surface area (Å²) < 4.78 is 25.0. The molecule has 4 rings (SSSR count). The largest absolute Gasteiger partial charge is 0.493 e. The van der Waals surface area contributed by atoms with Crippen molar-refractivity contribution in [2.45, 2.75) is 6.61 Å². The van der Waals surface area contributed by atoms with Crippen LogP contribution in [0.3, 0.4) is 0 Å². The first-order valence-corrected chi connectivity index (χ1v) is 12.8. The number of carbonyl (C=O) groups is 3. The van der Waals surface area contributed by atoms with Crippen LogP contribution in [0, 0.1) is 5.82 Å². The monoisotopic (exact) mass is 604 g/mol. The first-order chi connectivity index (χ1) is 17.7. The standard InChI is InChI=1S/C26H19BrClFN2O5S/c1-35-21-11-16(10-20(27)24(21)36-14-15-2-6-18(29)7-3-15)12-22-25(33)31(26(34)37-22)13-23(32)30-19-8-4-17(28)5-9-19/h2-12H,13-14H2,1H3,(H,30,32)/b22-12+. The number of nitrogens with zero attached hydrogens (tertiary/aromatic N) is 1. The Bertz CT molecular complexity index is 1380. The average molecular weight is 606 g/mol. The molecule has 3 amide bonds. The van der Waals surface area contributed by atoms with Crippen LogP contribution < -0.4 is 14.8 Å². The molecule has 3 aromatic carbocycles. The van der Waals surface area contributed by atoms with Crippen molar-refractivity contribution in [1.29, 1.82) is 0 Å². The van der Waals surface area contributed by atoms with Crippen molar-refractivity contribution in [3.63, 3.8) is 0 Å². The van der Waals surface area contributed by atoms with Gasteiger partial charge in [-0.3, -0.25) is 19.3 Å². The van der Waals surface area contributed by atoms with E-state index in [0.717, 1.165) is 22.2 Å². The molecule has 7 nitrogen and oxygen atoms in total. The Morgan fingerprint density at radius 1 is 1.14 bits per heavy atom. The third-order valence-corrected chi connectivity index (χ3v) is 6.90. The highest BCUT2D eigenvalue weighted by molar-refractivity contribution is 9.10. The fourth-order valence-corrected chi connectivity index (χ4v) is 4.90. The number of benzene rings is 3. The third-order valence-electron chi connectivity index (χ3n) is 5.15. The van der Waals surface area contributed by atoms with E-state index >= 15 is 0 Å². The summed E-state index contributed by atoms with van der Waals surface area (Å²) in [6, 6.07) is 15.8. The Labute approximate surface area is 229 Å². The molecule has 1 heterocycles. The van der Waals surface area contributed by atoms with E-state index in [1.54, 1.807) is 54.6 Å². The summed E-state index contributed by atoms with van der Waals surface area (Å²) in [4.78, 5) is 38.8. The van der Waals surface area contributed by atoms with E-state index in [1.807, 2.05) is 0 Å². The van der Waals surface area contributed by atoms with Crippen LogP contribution in [0.4, 0.5) is 14.9 Å². The van der Waals surface area contributed by atoms with E-state index < -0.39 is 23.6 Å². The second-order valence-electron chi connectivity index (χ2n) is 7.77. The van der Waals surface area contributed by atoms with Gasteiger partial charge in [0.15, 0.2) is 11.5 Å². The van der Waals surface area contributed by atoms with Gasteiger partial charge in [-0.05, 0) is 93.4 Å². The fourth-order valence-electron chi connectivity index (χ4n) is 3.36. The van der Waals surface area contributed by atoms with Gasteiger partial charge in [0.1, 0.15) is 19.0 Å². The van der Waals surface area contributed by atoms with Crippen LogP contribution in [0.5, 0.6) is 11.5 Å². The number of rotatable bonds is 8. The average Bonchev–Trinajstić information content (AvgIpc) is 3.12. The zero-order valence-electron chi connectivity index (χ0n) is 19.3. The molecule has 1 N–H and O–H groups in total. The number of halogens is 3. The van der Waals surface area contributed by atoms with Crippen molar-refractivity contribution in [1.82, 2.24) is 4.90 Å². The Kier molecular flexibility index (Phi) is 8.52. The van der Waals surface area contributed by atoms with Gasteiger partial charge in [-0.1, -0.05) is 23.7 Å². The van der Waals surface area contributed by atoms with E-state index in [-0.39, 0.29) is 17.3 Å². The van der Waals surface area contributed by atoms with Crippen molar-refractivity contribution in [3.05, 3.63) is 92.0 Å². The molecule has 0 aromatic heterocycles. The van der Waals surface area contributed by atoms with Crippen LogP contribution in [0.1, 0.15) is 11.1 Å². The molecule has 0 saturated carbocycles. The van der Waals surface area contributed by atoms with Crippen LogP contribution in [0.25, 0.3) is 6.08 Å². The second kappa shape index (κ2) is 11.8. The number of methoxy groups -OCH3 is 1. The molecular formula is C26H19BrClFN2O5S. The van der Waals surface area contributed by atoms with E-state index in [9.17, 15) is 18.8 Å². The second-order valence-corrected chi connectivity index (χ2v) is 10.1. The van der Waals surface area contributed by atoms with E-state index in [4.69, 9.17) is 21.1 Å². The summed E-state index contributed by atoms with van der Waals surface area (Å²) in [5.74, 6) is -0.607. The van der Waals surface area contributed by atoms with E-state index in [0.29, 0.717) is 32.2 Å². The highest BCUT2D eigenvalue weighted by atomic mass is 79.9. The molecule has 0 aliphatic carbocycles. The molecule has 1 aliphatic heterocycles. The number of nitrogens with one attached hydrogen (secondary N) is 1. The molecule has 11 heteroatoms. The quantitative estimate of drug-likeness (QED) is 0.295.